The van der Waals surface area contributed by atoms with Gasteiger partial charge in [-0.15, -0.1) is 0 Å². The van der Waals surface area contributed by atoms with Crippen molar-refractivity contribution in [3.05, 3.63) is 59.2 Å². The lowest BCUT2D eigenvalue weighted by atomic mass is 10.1. The smallest absolute Gasteiger partial charge is 0.319 e. The molecule has 0 aliphatic carbocycles. The molecule has 6 heteroatoms. The summed E-state index contributed by atoms with van der Waals surface area (Å²) in [6.45, 7) is 5.14. The van der Waals surface area contributed by atoms with Gasteiger partial charge in [0.25, 0.3) is 5.91 Å². The first-order valence-electron chi connectivity index (χ1n) is 8.62. The van der Waals surface area contributed by atoms with Crippen molar-refractivity contribution >= 4 is 17.6 Å². The third-order valence-electron chi connectivity index (χ3n) is 3.84. The highest BCUT2D eigenvalue weighted by Gasteiger charge is 2.07. The highest BCUT2D eigenvalue weighted by Crippen LogP contribution is 2.17. The minimum absolute atomic E-state index is 0.199. The molecule has 0 heterocycles. The van der Waals surface area contributed by atoms with E-state index in [1.165, 1.54) is 0 Å². The van der Waals surface area contributed by atoms with E-state index in [-0.39, 0.29) is 11.9 Å². The summed E-state index contributed by atoms with van der Waals surface area (Å²) in [6, 6.07) is 12.3. The van der Waals surface area contributed by atoms with Gasteiger partial charge in [-0.05, 0) is 54.8 Å². The maximum Gasteiger partial charge on any atom is 0.319 e. The number of anilines is 1. The fraction of sp³-hybridized carbons (Fsp3) is 0.300. The van der Waals surface area contributed by atoms with Gasteiger partial charge in [0.15, 0.2) is 0 Å². The normalized spacial score (nSPS) is 10.1. The van der Waals surface area contributed by atoms with Crippen LogP contribution in [0.15, 0.2) is 42.5 Å². The highest BCUT2D eigenvalue weighted by molar-refractivity contribution is 5.96. The number of nitrogens with one attached hydrogen (secondary N) is 3. The monoisotopic (exact) mass is 355 g/mol. The SMILES string of the molecule is CCCOc1ccc(CNC(=O)Nc2cccc(C(=O)NC)c2)c(C)c1. The number of benzene rings is 2. The van der Waals surface area contributed by atoms with Crippen LogP contribution in [0.5, 0.6) is 5.75 Å². The molecule has 0 radical (unpaired) electrons. The van der Waals surface area contributed by atoms with E-state index in [0.29, 0.717) is 24.4 Å². The first-order chi connectivity index (χ1) is 12.5. The Kier molecular flexibility index (Phi) is 7.02. The molecule has 3 amide bonds. The first kappa shape index (κ1) is 19.3. The van der Waals surface area contributed by atoms with Crippen LogP contribution in [0.4, 0.5) is 10.5 Å². The zero-order chi connectivity index (χ0) is 18.9. The summed E-state index contributed by atoms with van der Waals surface area (Å²) in [4.78, 5) is 23.8. The van der Waals surface area contributed by atoms with E-state index >= 15 is 0 Å². The van der Waals surface area contributed by atoms with Crippen molar-refractivity contribution in [2.24, 2.45) is 0 Å². The van der Waals surface area contributed by atoms with E-state index in [2.05, 4.69) is 22.9 Å². The Hall–Kier alpha value is -3.02. The molecular weight excluding hydrogens is 330 g/mol. The van der Waals surface area contributed by atoms with Crippen LogP contribution >= 0.6 is 0 Å². The van der Waals surface area contributed by atoms with Crippen LogP contribution in [0.1, 0.15) is 34.8 Å². The average Bonchev–Trinajstić information content (AvgIpc) is 2.65. The second-order valence-electron chi connectivity index (χ2n) is 5.90. The molecule has 0 aliphatic heterocycles. The summed E-state index contributed by atoms with van der Waals surface area (Å²) in [5, 5.41) is 8.11. The topological polar surface area (TPSA) is 79.5 Å². The maximum absolute atomic E-state index is 12.1. The number of rotatable bonds is 7. The van der Waals surface area contributed by atoms with Crippen molar-refractivity contribution in [1.82, 2.24) is 10.6 Å². The molecule has 0 atom stereocenters. The standard InChI is InChI=1S/C20H25N3O3/c1-4-10-26-18-9-8-16(14(2)11-18)13-22-20(25)23-17-7-5-6-15(12-17)19(24)21-3/h5-9,11-12H,4,10,13H2,1-3H3,(H,21,24)(H2,22,23,25). The Bertz CT molecular complexity index is 775. The zero-order valence-corrected chi connectivity index (χ0v) is 15.4. The van der Waals surface area contributed by atoms with Gasteiger partial charge >= 0.3 is 6.03 Å². The number of hydrogen-bond acceptors (Lipinski definition) is 3. The van der Waals surface area contributed by atoms with Gasteiger partial charge in [-0.1, -0.05) is 19.1 Å². The quantitative estimate of drug-likeness (QED) is 0.711. The predicted molar refractivity (Wildman–Crippen MR) is 103 cm³/mol. The van der Waals surface area contributed by atoms with E-state index in [4.69, 9.17) is 4.74 Å². The van der Waals surface area contributed by atoms with Crippen LogP contribution < -0.4 is 20.7 Å². The summed E-state index contributed by atoms with van der Waals surface area (Å²) >= 11 is 0. The van der Waals surface area contributed by atoms with Gasteiger partial charge in [-0.3, -0.25) is 4.79 Å². The van der Waals surface area contributed by atoms with Crippen molar-refractivity contribution in [1.29, 1.82) is 0 Å². The lowest BCUT2D eigenvalue weighted by molar-refractivity contribution is 0.0963. The maximum atomic E-state index is 12.1. The number of carbonyl (C=O) groups excluding carboxylic acids is 2. The molecule has 2 aromatic carbocycles. The van der Waals surface area contributed by atoms with E-state index < -0.39 is 0 Å². The largest absolute Gasteiger partial charge is 0.494 e. The van der Waals surface area contributed by atoms with Crippen molar-refractivity contribution in [3.8, 4) is 5.75 Å². The molecule has 0 saturated heterocycles. The number of ether oxygens (including phenoxy) is 1. The second-order valence-corrected chi connectivity index (χ2v) is 5.90. The Morgan fingerprint density at radius 2 is 1.92 bits per heavy atom. The van der Waals surface area contributed by atoms with E-state index in [9.17, 15) is 9.59 Å². The minimum Gasteiger partial charge on any atom is -0.494 e. The van der Waals surface area contributed by atoms with Crippen molar-refractivity contribution in [2.45, 2.75) is 26.8 Å². The van der Waals surface area contributed by atoms with E-state index in [1.807, 2.05) is 25.1 Å². The number of amides is 3. The summed E-state index contributed by atoms with van der Waals surface area (Å²) in [6.07, 6.45) is 0.962. The van der Waals surface area contributed by atoms with Gasteiger partial charge in [0.2, 0.25) is 0 Å². The molecule has 0 aromatic heterocycles. The second kappa shape index (κ2) is 9.46. The van der Waals surface area contributed by atoms with Crippen LogP contribution in [0.25, 0.3) is 0 Å². The fourth-order valence-corrected chi connectivity index (χ4v) is 2.41. The molecule has 3 N–H and O–H groups in total. The van der Waals surface area contributed by atoms with Crippen LogP contribution in [0.3, 0.4) is 0 Å². The Balaban J connectivity index is 1.92. The van der Waals surface area contributed by atoms with Gasteiger partial charge in [-0.2, -0.15) is 0 Å². The molecule has 0 saturated carbocycles. The third-order valence-corrected chi connectivity index (χ3v) is 3.84. The minimum atomic E-state index is -0.329. The third kappa shape index (κ3) is 5.51. The van der Waals surface area contributed by atoms with Crippen LogP contribution in [0.2, 0.25) is 0 Å². The van der Waals surface area contributed by atoms with Gasteiger partial charge in [0.05, 0.1) is 6.61 Å². The molecule has 0 fully saturated rings. The lowest BCUT2D eigenvalue weighted by Crippen LogP contribution is -2.28. The lowest BCUT2D eigenvalue weighted by Gasteiger charge is -2.12. The fourth-order valence-electron chi connectivity index (χ4n) is 2.41. The van der Waals surface area contributed by atoms with Gasteiger partial charge in [0, 0.05) is 24.8 Å². The van der Waals surface area contributed by atoms with E-state index in [1.54, 1.807) is 31.3 Å². The highest BCUT2D eigenvalue weighted by atomic mass is 16.5. The number of hydrogen-bond donors (Lipinski definition) is 3. The Morgan fingerprint density at radius 3 is 2.62 bits per heavy atom. The van der Waals surface area contributed by atoms with Gasteiger partial charge < -0.3 is 20.7 Å². The predicted octanol–water partition coefficient (Wildman–Crippen LogP) is 3.47. The van der Waals surface area contributed by atoms with Crippen LogP contribution in [0, 0.1) is 6.92 Å². The zero-order valence-electron chi connectivity index (χ0n) is 15.4. The molecule has 0 bridgehead atoms. The molecule has 2 aromatic rings. The molecule has 0 spiro atoms. The van der Waals surface area contributed by atoms with Crippen molar-refractivity contribution in [2.75, 3.05) is 19.0 Å². The average molecular weight is 355 g/mol. The molecule has 0 unspecified atom stereocenters. The first-order valence-corrected chi connectivity index (χ1v) is 8.62. The van der Waals surface area contributed by atoms with Crippen molar-refractivity contribution in [3.63, 3.8) is 0 Å². The number of carbonyl (C=O) groups is 2. The molecule has 2 rings (SSSR count). The van der Waals surface area contributed by atoms with E-state index in [0.717, 1.165) is 23.3 Å². The summed E-state index contributed by atoms with van der Waals surface area (Å²) in [5.41, 5.74) is 3.12. The van der Waals surface area contributed by atoms with Gasteiger partial charge in [0.1, 0.15) is 5.75 Å². The number of aryl methyl sites for hydroxylation is 1. The summed E-state index contributed by atoms with van der Waals surface area (Å²) in [5.74, 6) is 0.638. The summed E-state index contributed by atoms with van der Waals surface area (Å²) in [7, 11) is 1.57. The Morgan fingerprint density at radius 1 is 1.12 bits per heavy atom. The molecule has 138 valence electrons. The van der Waals surface area contributed by atoms with Crippen LogP contribution in [-0.4, -0.2) is 25.6 Å². The molecule has 0 aliphatic rings. The van der Waals surface area contributed by atoms with Crippen LogP contribution in [-0.2, 0) is 6.54 Å². The van der Waals surface area contributed by atoms with Crippen molar-refractivity contribution < 1.29 is 14.3 Å². The molecule has 26 heavy (non-hydrogen) atoms. The number of urea groups is 1. The Labute approximate surface area is 153 Å². The summed E-state index contributed by atoms with van der Waals surface area (Å²) < 4.78 is 5.60. The van der Waals surface area contributed by atoms with Gasteiger partial charge in [-0.25, -0.2) is 4.79 Å². The molecular formula is C20H25N3O3. The molecule has 6 nitrogen and oxygen atoms in total.